The SMILES string of the molecule is COC(=O)c1ccc(CNc2cccc(F)c2C#N)nc1C1CC1. The molecule has 2 aromatic rings. The Labute approximate surface area is 139 Å². The molecular weight excluding hydrogens is 309 g/mol. The second-order valence-electron chi connectivity index (χ2n) is 5.63. The highest BCUT2D eigenvalue weighted by atomic mass is 19.1. The molecule has 0 bridgehead atoms. The lowest BCUT2D eigenvalue weighted by Crippen LogP contribution is -2.10. The molecule has 0 atom stereocenters. The van der Waals surface area contributed by atoms with Crippen molar-refractivity contribution < 1.29 is 13.9 Å². The number of carbonyl (C=O) groups is 1. The normalized spacial score (nSPS) is 13.2. The summed E-state index contributed by atoms with van der Waals surface area (Å²) in [5.41, 5.74) is 2.36. The number of rotatable bonds is 5. The topological polar surface area (TPSA) is 75.0 Å². The van der Waals surface area contributed by atoms with Gasteiger partial charge < -0.3 is 10.1 Å². The molecule has 0 saturated heterocycles. The van der Waals surface area contributed by atoms with Gasteiger partial charge in [-0.05, 0) is 37.1 Å². The summed E-state index contributed by atoms with van der Waals surface area (Å²) in [6, 6.07) is 9.73. The number of anilines is 1. The summed E-state index contributed by atoms with van der Waals surface area (Å²) in [4.78, 5) is 16.4. The van der Waals surface area contributed by atoms with Crippen LogP contribution < -0.4 is 5.32 Å². The van der Waals surface area contributed by atoms with E-state index >= 15 is 0 Å². The molecule has 1 aromatic heterocycles. The average Bonchev–Trinajstić information content (AvgIpc) is 3.44. The molecule has 1 aromatic carbocycles. The second kappa shape index (κ2) is 6.67. The van der Waals surface area contributed by atoms with Crippen molar-refractivity contribution in [2.24, 2.45) is 0 Å². The number of aromatic nitrogens is 1. The summed E-state index contributed by atoms with van der Waals surface area (Å²) in [6.45, 7) is 0.333. The Balaban J connectivity index is 1.82. The maximum atomic E-state index is 13.6. The van der Waals surface area contributed by atoms with Gasteiger partial charge in [0.05, 0.1) is 36.3 Å². The molecule has 1 heterocycles. The summed E-state index contributed by atoms with van der Waals surface area (Å²) < 4.78 is 18.4. The molecule has 0 amide bonds. The fourth-order valence-electron chi connectivity index (χ4n) is 2.54. The van der Waals surface area contributed by atoms with Crippen LogP contribution in [0.1, 0.15) is 46.1 Å². The Hall–Kier alpha value is -2.94. The van der Waals surface area contributed by atoms with Gasteiger partial charge in [-0.3, -0.25) is 4.98 Å². The highest BCUT2D eigenvalue weighted by Crippen LogP contribution is 2.40. The number of carbonyl (C=O) groups excluding carboxylic acids is 1. The number of hydrogen-bond acceptors (Lipinski definition) is 5. The molecule has 1 aliphatic rings. The summed E-state index contributed by atoms with van der Waals surface area (Å²) >= 11 is 0. The van der Waals surface area contributed by atoms with Gasteiger partial charge in [-0.15, -0.1) is 0 Å². The first-order valence-electron chi connectivity index (χ1n) is 7.64. The molecule has 24 heavy (non-hydrogen) atoms. The van der Waals surface area contributed by atoms with Crippen molar-refractivity contribution in [3.8, 4) is 6.07 Å². The Bertz CT molecular complexity index is 825. The number of esters is 1. The van der Waals surface area contributed by atoms with Gasteiger partial charge in [0, 0.05) is 5.92 Å². The lowest BCUT2D eigenvalue weighted by molar-refractivity contribution is 0.0598. The molecule has 0 radical (unpaired) electrons. The molecule has 6 heteroatoms. The molecule has 1 fully saturated rings. The van der Waals surface area contributed by atoms with E-state index in [1.807, 2.05) is 6.07 Å². The first kappa shape index (κ1) is 15.9. The number of nitrogens with one attached hydrogen (secondary N) is 1. The van der Waals surface area contributed by atoms with Gasteiger partial charge in [-0.2, -0.15) is 5.26 Å². The van der Waals surface area contributed by atoms with Crippen LogP contribution in [0.15, 0.2) is 30.3 Å². The van der Waals surface area contributed by atoms with E-state index in [1.165, 1.54) is 13.2 Å². The summed E-state index contributed by atoms with van der Waals surface area (Å²) in [6.07, 6.45) is 2.02. The van der Waals surface area contributed by atoms with Crippen LogP contribution in [0.4, 0.5) is 10.1 Å². The van der Waals surface area contributed by atoms with E-state index in [0.29, 0.717) is 23.7 Å². The van der Waals surface area contributed by atoms with E-state index in [9.17, 15) is 9.18 Å². The highest BCUT2D eigenvalue weighted by molar-refractivity contribution is 5.90. The molecule has 1 N–H and O–H groups in total. The number of benzene rings is 1. The van der Waals surface area contributed by atoms with Crippen LogP contribution in [-0.2, 0) is 11.3 Å². The van der Waals surface area contributed by atoms with Crippen LogP contribution >= 0.6 is 0 Å². The largest absolute Gasteiger partial charge is 0.465 e. The Morgan fingerprint density at radius 2 is 2.21 bits per heavy atom. The second-order valence-corrected chi connectivity index (χ2v) is 5.63. The zero-order valence-electron chi connectivity index (χ0n) is 13.2. The molecule has 122 valence electrons. The minimum atomic E-state index is -0.560. The number of pyridine rings is 1. The molecule has 0 spiro atoms. The van der Waals surface area contributed by atoms with Gasteiger partial charge in [0.1, 0.15) is 17.4 Å². The average molecular weight is 325 g/mol. The summed E-state index contributed by atoms with van der Waals surface area (Å²) in [5.74, 6) is -0.654. The third kappa shape index (κ3) is 3.20. The fourth-order valence-corrected chi connectivity index (χ4v) is 2.54. The molecule has 5 nitrogen and oxygen atoms in total. The van der Waals surface area contributed by atoms with Gasteiger partial charge in [0.15, 0.2) is 0 Å². The monoisotopic (exact) mass is 325 g/mol. The van der Waals surface area contributed by atoms with Crippen molar-refractivity contribution in [1.82, 2.24) is 4.98 Å². The van der Waals surface area contributed by atoms with Crippen LogP contribution in [0.25, 0.3) is 0 Å². The van der Waals surface area contributed by atoms with Gasteiger partial charge in [-0.1, -0.05) is 6.07 Å². The van der Waals surface area contributed by atoms with Crippen LogP contribution in [-0.4, -0.2) is 18.1 Å². The van der Waals surface area contributed by atoms with Gasteiger partial charge in [-0.25, -0.2) is 9.18 Å². The van der Waals surface area contributed by atoms with E-state index in [4.69, 9.17) is 10.00 Å². The number of hydrogen-bond donors (Lipinski definition) is 1. The van der Waals surface area contributed by atoms with Crippen molar-refractivity contribution in [3.05, 3.63) is 58.7 Å². The number of ether oxygens (including phenoxy) is 1. The smallest absolute Gasteiger partial charge is 0.339 e. The van der Waals surface area contributed by atoms with Crippen molar-refractivity contribution in [2.75, 3.05) is 12.4 Å². The van der Waals surface area contributed by atoms with Crippen LogP contribution in [0.5, 0.6) is 0 Å². The molecular formula is C18H16FN3O2. The lowest BCUT2D eigenvalue weighted by Gasteiger charge is -2.11. The van der Waals surface area contributed by atoms with Crippen molar-refractivity contribution >= 4 is 11.7 Å². The summed E-state index contributed by atoms with van der Waals surface area (Å²) in [5, 5.41) is 12.1. The minimum Gasteiger partial charge on any atom is -0.465 e. The van der Waals surface area contributed by atoms with E-state index < -0.39 is 5.82 Å². The first-order valence-corrected chi connectivity index (χ1v) is 7.64. The zero-order chi connectivity index (χ0) is 17.1. The van der Waals surface area contributed by atoms with Crippen molar-refractivity contribution in [2.45, 2.75) is 25.3 Å². The Kier molecular flexibility index (Phi) is 4.43. The van der Waals surface area contributed by atoms with Crippen LogP contribution in [0.2, 0.25) is 0 Å². The van der Waals surface area contributed by atoms with Gasteiger partial charge >= 0.3 is 5.97 Å². The van der Waals surface area contributed by atoms with Gasteiger partial charge in [0.25, 0.3) is 0 Å². The van der Waals surface area contributed by atoms with E-state index in [2.05, 4.69) is 10.3 Å². The van der Waals surface area contributed by atoms with Crippen LogP contribution in [0, 0.1) is 17.1 Å². The predicted molar refractivity (Wildman–Crippen MR) is 86.0 cm³/mol. The van der Waals surface area contributed by atoms with Crippen molar-refractivity contribution in [3.63, 3.8) is 0 Å². The molecule has 3 rings (SSSR count). The number of nitrogens with zero attached hydrogens (tertiary/aromatic N) is 2. The van der Waals surface area contributed by atoms with Crippen LogP contribution in [0.3, 0.4) is 0 Å². The maximum absolute atomic E-state index is 13.6. The zero-order valence-corrected chi connectivity index (χ0v) is 13.2. The fraction of sp³-hybridized carbons (Fsp3) is 0.278. The molecule has 0 unspecified atom stereocenters. The number of halogens is 1. The summed E-state index contributed by atoms with van der Waals surface area (Å²) in [7, 11) is 1.35. The highest BCUT2D eigenvalue weighted by Gasteiger charge is 2.30. The van der Waals surface area contributed by atoms with E-state index in [0.717, 1.165) is 24.2 Å². The van der Waals surface area contributed by atoms with E-state index in [1.54, 1.807) is 24.3 Å². The minimum absolute atomic E-state index is 0.0221. The maximum Gasteiger partial charge on any atom is 0.339 e. The number of methoxy groups -OCH3 is 1. The number of nitriles is 1. The Morgan fingerprint density at radius 1 is 1.42 bits per heavy atom. The van der Waals surface area contributed by atoms with Crippen molar-refractivity contribution in [1.29, 1.82) is 5.26 Å². The third-order valence-corrected chi connectivity index (χ3v) is 3.94. The Morgan fingerprint density at radius 3 is 2.88 bits per heavy atom. The predicted octanol–water partition coefficient (Wildman–Crippen LogP) is 3.37. The first-order chi connectivity index (χ1) is 11.6. The van der Waals surface area contributed by atoms with E-state index in [-0.39, 0.29) is 11.5 Å². The molecule has 1 aliphatic carbocycles. The standard InChI is InChI=1S/C18H16FN3O2/c1-24-18(23)13-8-7-12(22-17(13)11-5-6-11)10-21-16-4-2-3-15(19)14(16)9-20/h2-4,7-8,11,21H,5-6,10H2,1H3. The van der Waals surface area contributed by atoms with Gasteiger partial charge in [0.2, 0.25) is 0 Å². The molecule has 0 aliphatic heterocycles. The third-order valence-electron chi connectivity index (χ3n) is 3.94. The molecule has 1 saturated carbocycles. The quantitative estimate of drug-likeness (QED) is 0.853. The lowest BCUT2D eigenvalue weighted by atomic mass is 10.1.